The fraction of sp³-hybridized carbons (Fsp3) is 0. The molecule has 2 N–H and O–H groups in total. The smallest absolute Gasteiger partial charge is 0.177 e. The zero-order valence-corrected chi connectivity index (χ0v) is 13.3. The Morgan fingerprint density at radius 2 is 2.16 bits per heavy atom. The van der Waals surface area contributed by atoms with Gasteiger partial charge in [0.2, 0.25) is 0 Å². The highest BCUT2D eigenvalue weighted by Gasteiger charge is 2.18. The molecule has 2 heterocycles. The van der Waals surface area contributed by atoms with E-state index in [4.69, 9.17) is 21.9 Å². The maximum Gasteiger partial charge on any atom is 0.177 e. The van der Waals surface area contributed by atoms with Crippen molar-refractivity contribution in [1.29, 1.82) is 0 Å². The maximum absolute atomic E-state index is 6.15. The minimum atomic E-state index is 0.395. The molecule has 3 aromatic rings. The summed E-state index contributed by atoms with van der Waals surface area (Å²) in [6.45, 7) is 0. The second-order valence-electron chi connectivity index (χ2n) is 3.88. The van der Waals surface area contributed by atoms with Crippen LogP contribution in [0.25, 0.3) is 21.8 Å². The Morgan fingerprint density at radius 1 is 1.32 bits per heavy atom. The lowest BCUT2D eigenvalue weighted by atomic mass is 10.1. The predicted molar refractivity (Wildman–Crippen MR) is 87.4 cm³/mol. The molecule has 0 bridgehead atoms. The second kappa shape index (κ2) is 5.15. The number of anilines is 1. The summed E-state index contributed by atoms with van der Waals surface area (Å²) < 4.78 is 6.36. The molecular formula is C13H8ClIN2OS. The Kier molecular flexibility index (Phi) is 3.51. The van der Waals surface area contributed by atoms with E-state index in [1.165, 1.54) is 0 Å². The molecule has 3 nitrogen and oxygen atoms in total. The van der Waals surface area contributed by atoms with Gasteiger partial charge in [0, 0.05) is 14.0 Å². The Bertz CT molecular complexity index is 724. The fourth-order valence-electron chi connectivity index (χ4n) is 1.80. The molecule has 0 radical (unpaired) electrons. The Balaban J connectivity index is 2.18. The molecule has 19 heavy (non-hydrogen) atoms. The molecule has 0 aliphatic carbocycles. The van der Waals surface area contributed by atoms with E-state index in [0.717, 1.165) is 19.6 Å². The molecule has 0 aliphatic heterocycles. The number of rotatable bonds is 2. The summed E-state index contributed by atoms with van der Waals surface area (Å²) in [5, 5.41) is 6.54. The number of nitrogen functional groups attached to an aromatic ring is 1. The van der Waals surface area contributed by atoms with Crippen molar-refractivity contribution in [3.63, 3.8) is 0 Å². The Hall–Kier alpha value is -1.05. The van der Waals surface area contributed by atoms with Gasteiger partial charge < -0.3 is 10.3 Å². The van der Waals surface area contributed by atoms with Gasteiger partial charge in [-0.15, -0.1) is 11.3 Å². The first-order chi connectivity index (χ1) is 9.16. The quantitative estimate of drug-likeness (QED) is 0.620. The van der Waals surface area contributed by atoms with Gasteiger partial charge in [0.15, 0.2) is 11.6 Å². The van der Waals surface area contributed by atoms with Crippen molar-refractivity contribution in [2.24, 2.45) is 0 Å². The summed E-state index contributed by atoms with van der Waals surface area (Å²) in [4.78, 5) is 1.03. The normalized spacial score (nSPS) is 10.8. The molecule has 0 unspecified atom stereocenters. The van der Waals surface area contributed by atoms with E-state index in [9.17, 15) is 0 Å². The first-order valence-corrected chi connectivity index (χ1v) is 7.75. The maximum atomic E-state index is 6.15. The van der Waals surface area contributed by atoms with Gasteiger partial charge in [0.25, 0.3) is 0 Å². The van der Waals surface area contributed by atoms with Crippen molar-refractivity contribution in [2.45, 2.75) is 0 Å². The van der Waals surface area contributed by atoms with Crippen LogP contribution in [0.4, 0.5) is 5.82 Å². The third-order valence-electron chi connectivity index (χ3n) is 2.67. The van der Waals surface area contributed by atoms with E-state index in [-0.39, 0.29) is 0 Å². The number of halogens is 2. The predicted octanol–water partition coefficient (Wildman–Crippen LogP) is 4.91. The monoisotopic (exact) mass is 402 g/mol. The highest BCUT2D eigenvalue weighted by atomic mass is 127. The van der Waals surface area contributed by atoms with Gasteiger partial charge in [-0.1, -0.05) is 22.8 Å². The van der Waals surface area contributed by atoms with E-state index < -0.39 is 0 Å². The van der Waals surface area contributed by atoms with Crippen LogP contribution in [0.5, 0.6) is 0 Å². The van der Waals surface area contributed by atoms with Crippen molar-refractivity contribution in [2.75, 3.05) is 5.73 Å². The summed E-state index contributed by atoms with van der Waals surface area (Å²) in [7, 11) is 0. The zero-order valence-electron chi connectivity index (χ0n) is 9.56. The SMILES string of the molecule is Nc1noc(-c2ccc(I)c(Cl)c2)c1-c1cccs1. The molecular weight excluding hydrogens is 395 g/mol. The number of benzene rings is 1. The third kappa shape index (κ3) is 2.37. The number of thiophene rings is 1. The Labute approximate surface area is 132 Å². The van der Waals surface area contributed by atoms with E-state index in [2.05, 4.69) is 27.7 Å². The molecule has 3 rings (SSSR count). The summed E-state index contributed by atoms with van der Waals surface area (Å²) in [5.74, 6) is 1.05. The number of nitrogens with two attached hydrogens (primary N) is 1. The topological polar surface area (TPSA) is 52.0 Å². The number of hydrogen-bond acceptors (Lipinski definition) is 4. The van der Waals surface area contributed by atoms with Crippen LogP contribution >= 0.6 is 45.5 Å². The van der Waals surface area contributed by atoms with Crippen LogP contribution in [0.3, 0.4) is 0 Å². The number of aromatic nitrogens is 1. The van der Waals surface area contributed by atoms with Crippen molar-refractivity contribution >= 4 is 51.3 Å². The summed E-state index contributed by atoms with van der Waals surface area (Å²) in [5.41, 5.74) is 7.60. The first kappa shape index (κ1) is 13.0. The van der Waals surface area contributed by atoms with E-state index >= 15 is 0 Å². The van der Waals surface area contributed by atoms with Gasteiger partial charge in [-0.25, -0.2) is 0 Å². The number of hydrogen-bond donors (Lipinski definition) is 1. The van der Waals surface area contributed by atoms with Crippen molar-refractivity contribution < 1.29 is 4.52 Å². The third-order valence-corrected chi connectivity index (χ3v) is 5.13. The summed E-state index contributed by atoms with van der Waals surface area (Å²) in [6.07, 6.45) is 0. The zero-order chi connectivity index (χ0) is 13.4. The molecule has 2 aromatic heterocycles. The van der Waals surface area contributed by atoms with Gasteiger partial charge in [0.1, 0.15) is 0 Å². The van der Waals surface area contributed by atoms with Gasteiger partial charge in [-0.3, -0.25) is 0 Å². The summed E-state index contributed by atoms with van der Waals surface area (Å²) >= 11 is 9.93. The van der Waals surface area contributed by atoms with Gasteiger partial charge in [-0.2, -0.15) is 0 Å². The standard InChI is InChI=1S/C13H8ClIN2OS/c14-8-6-7(3-4-9(8)15)12-11(13(16)17-18-12)10-2-1-5-19-10/h1-6H,(H2,16,17). The molecule has 0 amide bonds. The molecule has 0 saturated heterocycles. The lowest BCUT2D eigenvalue weighted by Crippen LogP contribution is -1.87. The van der Waals surface area contributed by atoms with Crippen LogP contribution in [0.2, 0.25) is 5.02 Å². The van der Waals surface area contributed by atoms with Crippen LogP contribution < -0.4 is 5.73 Å². The summed E-state index contributed by atoms with van der Waals surface area (Å²) in [6, 6.07) is 9.71. The molecule has 0 saturated carbocycles. The molecule has 0 spiro atoms. The van der Waals surface area contributed by atoms with Crippen LogP contribution in [0.15, 0.2) is 40.2 Å². The van der Waals surface area contributed by atoms with Crippen LogP contribution in [0.1, 0.15) is 0 Å². The fourth-order valence-corrected chi connectivity index (χ4v) is 3.09. The van der Waals surface area contributed by atoms with Gasteiger partial charge >= 0.3 is 0 Å². The molecule has 6 heteroatoms. The Morgan fingerprint density at radius 3 is 2.84 bits per heavy atom. The molecule has 0 atom stereocenters. The van der Waals surface area contributed by atoms with Crippen molar-refractivity contribution in [3.8, 4) is 21.8 Å². The van der Waals surface area contributed by atoms with Crippen molar-refractivity contribution in [3.05, 3.63) is 44.3 Å². The number of nitrogens with zero attached hydrogens (tertiary/aromatic N) is 1. The molecule has 0 fully saturated rings. The lowest BCUT2D eigenvalue weighted by Gasteiger charge is -2.02. The van der Waals surface area contributed by atoms with E-state index in [1.54, 1.807) is 11.3 Å². The first-order valence-electron chi connectivity index (χ1n) is 5.41. The highest BCUT2D eigenvalue weighted by molar-refractivity contribution is 14.1. The largest absolute Gasteiger partial charge is 0.380 e. The minimum Gasteiger partial charge on any atom is -0.380 e. The lowest BCUT2D eigenvalue weighted by molar-refractivity contribution is 0.436. The molecule has 1 aromatic carbocycles. The van der Waals surface area contributed by atoms with Crippen molar-refractivity contribution in [1.82, 2.24) is 5.16 Å². The molecule has 96 valence electrons. The van der Waals surface area contributed by atoms with Crippen LogP contribution in [-0.2, 0) is 0 Å². The average molecular weight is 403 g/mol. The van der Waals surface area contributed by atoms with E-state index in [0.29, 0.717) is 16.6 Å². The minimum absolute atomic E-state index is 0.395. The second-order valence-corrected chi connectivity index (χ2v) is 6.40. The van der Waals surface area contributed by atoms with Crippen LogP contribution in [0, 0.1) is 3.57 Å². The van der Waals surface area contributed by atoms with E-state index in [1.807, 2.05) is 35.7 Å². The molecule has 0 aliphatic rings. The van der Waals surface area contributed by atoms with Crippen LogP contribution in [-0.4, -0.2) is 5.16 Å². The highest BCUT2D eigenvalue weighted by Crippen LogP contribution is 2.39. The van der Waals surface area contributed by atoms with Gasteiger partial charge in [-0.05, 0) is 52.2 Å². The average Bonchev–Trinajstić information content (AvgIpc) is 3.01. The van der Waals surface area contributed by atoms with Gasteiger partial charge in [0.05, 0.1) is 10.6 Å².